The average Bonchev–Trinajstić information content (AvgIpc) is 2.48. The maximum Gasteiger partial charge on any atom is 0.191 e. The van der Waals surface area contributed by atoms with E-state index >= 15 is 0 Å². The summed E-state index contributed by atoms with van der Waals surface area (Å²) in [4.78, 5) is 6.40. The zero-order chi connectivity index (χ0) is 17.3. The lowest BCUT2D eigenvalue weighted by Gasteiger charge is -2.23. The van der Waals surface area contributed by atoms with Crippen LogP contribution in [0.4, 0.5) is 0 Å². The van der Waals surface area contributed by atoms with Crippen molar-refractivity contribution in [2.75, 3.05) is 34.3 Å². The predicted molar refractivity (Wildman–Crippen MR) is 114 cm³/mol. The van der Waals surface area contributed by atoms with Gasteiger partial charge in [0.2, 0.25) is 0 Å². The summed E-state index contributed by atoms with van der Waals surface area (Å²) in [5, 5.41) is 6.66. The summed E-state index contributed by atoms with van der Waals surface area (Å²) < 4.78 is 5.74. The number of halogens is 1. The fourth-order valence-corrected chi connectivity index (χ4v) is 1.99. The number of nitrogens with zero attached hydrogens (tertiary/aromatic N) is 2. The van der Waals surface area contributed by atoms with E-state index in [2.05, 4.69) is 67.5 Å². The van der Waals surface area contributed by atoms with Gasteiger partial charge in [0.05, 0.1) is 6.61 Å². The molecule has 1 rings (SSSR count). The summed E-state index contributed by atoms with van der Waals surface area (Å²) in [7, 11) is 5.93. The fourth-order valence-electron chi connectivity index (χ4n) is 1.99. The molecule has 5 nitrogen and oxygen atoms in total. The lowest BCUT2D eigenvalue weighted by molar-refractivity contribution is 0.281. The Morgan fingerprint density at radius 1 is 1.17 bits per heavy atom. The number of nitrogens with one attached hydrogen (secondary N) is 2. The van der Waals surface area contributed by atoms with E-state index < -0.39 is 0 Å². The van der Waals surface area contributed by atoms with E-state index in [1.807, 2.05) is 12.1 Å². The molecule has 0 heterocycles. The SMILES string of the molecule is CN=C(NCc1ccc(OCCCN(C)C)cc1)NC(C)(C)C.I. The molecular weight excluding hydrogens is 415 g/mol. The van der Waals surface area contributed by atoms with Crippen LogP contribution in [0.3, 0.4) is 0 Å². The van der Waals surface area contributed by atoms with Gasteiger partial charge in [-0.1, -0.05) is 12.1 Å². The summed E-state index contributed by atoms with van der Waals surface area (Å²) in [6.07, 6.45) is 1.03. The van der Waals surface area contributed by atoms with Crippen LogP contribution in [-0.4, -0.2) is 50.7 Å². The lowest BCUT2D eigenvalue weighted by atomic mass is 10.1. The lowest BCUT2D eigenvalue weighted by Crippen LogP contribution is -2.47. The molecule has 6 heteroatoms. The average molecular weight is 448 g/mol. The van der Waals surface area contributed by atoms with Crippen molar-refractivity contribution in [3.05, 3.63) is 29.8 Å². The number of rotatable bonds is 7. The highest BCUT2D eigenvalue weighted by Crippen LogP contribution is 2.12. The fraction of sp³-hybridized carbons (Fsp3) is 0.611. The minimum atomic E-state index is -0.00784. The molecule has 1 aromatic rings. The third-order valence-electron chi connectivity index (χ3n) is 3.12. The van der Waals surface area contributed by atoms with Gasteiger partial charge in [0.25, 0.3) is 0 Å². The van der Waals surface area contributed by atoms with Gasteiger partial charge < -0.3 is 20.3 Å². The van der Waals surface area contributed by atoms with Gasteiger partial charge in [-0.2, -0.15) is 0 Å². The Kier molecular flexibility index (Phi) is 11.0. The smallest absolute Gasteiger partial charge is 0.191 e. The summed E-state index contributed by atoms with van der Waals surface area (Å²) in [5.41, 5.74) is 1.19. The summed E-state index contributed by atoms with van der Waals surface area (Å²) in [6, 6.07) is 8.20. The Hall–Kier alpha value is -1.02. The number of ether oxygens (including phenoxy) is 1. The van der Waals surface area contributed by atoms with Crippen LogP contribution in [0.15, 0.2) is 29.3 Å². The van der Waals surface area contributed by atoms with Crippen molar-refractivity contribution in [1.82, 2.24) is 15.5 Å². The molecule has 0 aliphatic rings. The Labute approximate surface area is 164 Å². The molecular formula is C18H33IN4O. The topological polar surface area (TPSA) is 48.9 Å². The van der Waals surface area contributed by atoms with Gasteiger partial charge >= 0.3 is 0 Å². The van der Waals surface area contributed by atoms with Crippen molar-refractivity contribution in [1.29, 1.82) is 0 Å². The highest BCUT2D eigenvalue weighted by Gasteiger charge is 2.11. The maximum absolute atomic E-state index is 5.74. The molecule has 0 radical (unpaired) electrons. The Bertz CT molecular complexity index is 481. The van der Waals surface area contributed by atoms with Gasteiger partial charge in [0.1, 0.15) is 5.75 Å². The van der Waals surface area contributed by atoms with Gasteiger partial charge in [-0.05, 0) is 59.0 Å². The van der Waals surface area contributed by atoms with Crippen molar-refractivity contribution < 1.29 is 4.74 Å². The predicted octanol–water partition coefficient (Wildman–Crippen LogP) is 3.10. The van der Waals surface area contributed by atoms with Crippen LogP contribution >= 0.6 is 24.0 Å². The zero-order valence-corrected chi connectivity index (χ0v) is 18.2. The number of hydrogen-bond donors (Lipinski definition) is 2. The molecule has 0 spiro atoms. The Morgan fingerprint density at radius 2 is 1.79 bits per heavy atom. The second-order valence-electron chi connectivity index (χ2n) is 6.95. The standard InChI is InChI=1S/C18H32N4O.HI/c1-18(2,3)21-17(19-4)20-14-15-8-10-16(11-9-15)23-13-7-12-22(5)6;/h8-11H,7,12-14H2,1-6H3,(H2,19,20,21);1H. The molecule has 0 fully saturated rings. The molecule has 0 bridgehead atoms. The molecule has 1 aromatic carbocycles. The Morgan fingerprint density at radius 3 is 2.29 bits per heavy atom. The van der Waals surface area contributed by atoms with E-state index in [-0.39, 0.29) is 29.5 Å². The molecule has 138 valence electrons. The van der Waals surface area contributed by atoms with E-state index in [1.54, 1.807) is 7.05 Å². The van der Waals surface area contributed by atoms with E-state index in [9.17, 15) is 0 Å². The minimum Gasteiger partial charge on any atom is -0.494 e. The molecule has 0 aromatic heterocycles. The molecule has 0 aliphatic carbocycles. The first-order valence-corrected chi connectivity index (χ1v) is 8.15. The highest BCUT2D eigenvalue weighted by atomic mass is 127. The van der Waals surface area contributed by atoms with Crippen molar-refractivity contribution in [2.24, 2.45) is 4.99 Å². The Balaban J connectivity index is 0.00000529. The van der Waals surface area contributed by atoms with Gasteiger partial charge in [-0.3, -0.25) is 4.99 Å². The van der Waals surface area contributed by atoms with Crippen molar-refractivity contribution in [2.45, 2.75) is 39.3 Å². The number of hydrogen-bond acceptors (Lipinski definition) is 3. The van der Waals surface area contributed by atoms with Crippen LogP contribution in [0, 0.1) is 0 Å². The first-order valence-electron chi connectivity index (χ1n) is 8.15. The van der Waals surface area contributed by atoms with Crippen LogP contribution in [0.1, 0.15) is 32.8 Å². The number of guanidine groups is 1. The molecule has 0 amide bonds. The molecule has 0 atom stereocenters. The summed E-state index contributed by atoms with van der Waals surface area (Å²) >= 11 is 0. The van der Waals surface area contributed by atoms with Crippen LogP contribution < -0.4 is 15.4 Å². The molecule has 2 N–H and O–H groups in total. The molecule has 0 saturated heterocycles. The van der Waals surface area contributed by atoms with Crippen molar-refractivity contribution >= 4 is 29.9 Å². The van der Waals surface area contributed by atoms with Gasteiger partial charge in [0.15, 0.2) is 5.96 Å². The third-order valence-corrected chi connectivity index (χ3v) is 3.12. The second-order valence-corrected chi connectivity index (χ2v) is 6.95. The maximum atomic E-state index is 5.74. The van der Waals surface area contributed by atoms with E-state index in [0.717, 1.165) is 37.8 Å². The van der Waals surface area contributed by atoms with Crippen LogP contribution in [0.2, 0.25) is 0 Å². The monoisotopic (exact) mass is 448 g/mol. The van der Waals surface area contributed by atoms with Gasteiger partial charge in [0, 0.05) is 25.7 Å². The van der Waals surface area contributed by atoms with E-state index in [1.165, 1.54) is 5.56 Å². The van der Waals surface area contributed by atoms with Crippen LogP contribution in [0.25, 0.3) is 0 Å². The minimum absolute atomic E-state index is 0. The molecule has 0 aliphatic heterocycles. The first-order chi connectivity index (χ1) is 10.8. The molecule has 0 unspecified atom stereocenters. The summed E-state index contributed by atoms with van der Waals surface area (Å²) in [6.45, 7) is 8.86. The molecule has 24 heavy (non-hydrogen) atoms. The van der Waals surface area contributed by atoms with Crippen LogP contribution in [-0.2, 0) is 6.54 Å². The first kappa shape index (κ1) is 23.0. The number of benzene rings is 1. The zero-order valence-electron chi connectivity index (χ0n) is 15.8. The largest absolute Gasteiger partial charge is 0.494 e. The normalized spacial score (nSPS) is 11.9. The summed E-state index contributed by atoms with van der Waals surface area (Å²) in [5.74, 6) is 1.73. The van der Waals surface area contributed by atoms with Gasteiger partial charge in [-0.25, -0.2) is 0 Å². The third kappa shape index (κ3) is 10.7. The molecule has 0 saturated carbocycles. The van der Waals surface area contributed by atoms with Gasteiger partial charge in [-0.15, -0.1) is 24.0 Å². The quantitative estimate of drug-likeness (QED) is 0.291. The highest BCUT2D eigenvalue weighted by molar-refractivity contribution is 14.0. The van der Waals surface area contributed by atoms with Crippen molar-refractivity contribution in [3.63, 3.8) is 0 Å². The van der Waals surface area contributed by atoms with Crippen molar-refractivity contribution in [3.8, 4) is 5.75 Å². The van der Waals surface area contributed by atoms with E-state index in [0.29, 0.717) is 0 Å². The second kappa shape index (κ2) is 11.5. The van der Waals surface area contributed by atoms with E-state index in [4.69, 9.17) is 4.74 Å². The number of aliphatic imine (C=N–C) groups is 1. The van der Waals surface area contributed by atoms with Crippen LogP contribution in [0.5, 0.6) is 5.75 Å².